The Morgan fingerprint density at radius 2 is 2.00 bits per heavy atom. The molecule has 2 rings (SSSR count). The van der Waals surface area contributed by atoms with Crippen LogP contribution in [0.5, 0.6) is 0 Å². The zero-order valence-electron chi connectivity index (χ0n) is 10.9. The summed E-state index contributed by atoms with van der Waals surface area (Å²) in [6, 6.07) is 1.52. The van der Waals surface area contributed by atoms with Crippen LogP contribution in [0, 0.1) is 0 Å². The minimum atomic E-state index is -3.40. The first-order valence-electron chi connectivity index (χ1n) is 5.67. The lowest BCUT2D eigenvalue weighted by Crippen LogP contribution is -2.14. The lowest BCUT2D eigenvalue weighted by atomic mass is 10.3. The summed E-state index contributed by atoms with van der Waals surface area (Å²) in [6.07, 6.45) is 2.60. The van der Waals surface area contributed by atoms with Gasteiger partial charge < -0.3 is 11.1 Å². The van der Waals surface area contributed by atoms with Crippen molar-refractivity contribution < 1.29 is 8.42 Å². The maximum Gasteiger partial charge on any atom is 0.220 e. The molecule has 0 aliphatic heterocycles. The number of rotatable bonds is 3. The van der Waals surface area contributed by atoms with Crippen LogP contribution in [0.3, 0.4) is 0 Å². The largest absolute Gasteiger partial charge is 0.368 e. The summed E-state index contributed by atoms with van der Waals surface area (Å²) in [5, 5.41) is 3.63. The van der Waals surface area contributed by atoms with Crippen molar-refractivity contribution in [3.63, 3.8) is 0 Å². The zero-order chi connectivity index (χ0) is 14.2. The molecule has 0 saturated heterocycles. The molecule has 19 heavy (non-hydrogen) atoms. The molecule has 0 saturated carbocycles. The van der Waals surface area contributed by atoms with Crippen LogP contribution in [0.15, 0.2) is 17.3 Å². The summed E-state index contributed by atoms with van der Waals surface area (Å²) >= 11 is 0. The second-order valence-corrected chi connectivity index (χ2v) is 6.51. The molecule has 102 valence electrons. The highest BCUT2D eigenvalue weighted by Gasteiger charge is 2.15. The van der Waals surface area contributed by atoms with Gasteiger partial charge in [0.05, 0.1) is 0 Å². The Morgan fingerprint density at radius 1 is 1.32 bits per heavy atom. The van der Waals surface area contributed by atoms with E-state index in [1.165, 1.54) is 12.3 Å². The van der Waals surface area contributed by atoms with Gasteiger partial charge in [-0.1, -0.05) is 0 Å². The maximum atomic E-state index is 11.6. The van der Waals surface area contributed by atoms with Gasteiger partial charge in [0.15, 0.2) is 20.7 Å². The second kappa shape index (κ2) is 4.61. The Morgan fingerprint density at radius 3 is 2.58 bits per heavy atom. The smallest absolute Gasteiger partial charge is 0.220 e. The van der Waals surface area contributed by atoms with Crippen molar-refractivity contribution in [3.8, 4) is 0 Å². The molecule has 3 N–H and O–H groups in total. The van der Waals surface area contributed by atoms with Crippen molar-refractivity contribution in [2.24, 2.45) is 0 Å². The quantitative estimate of drug-likeness (QED) is 0.857. The van der Waals surface area contributed by atoms with E-state index in [0.29, 0.717) is 16.7 Å². The molecular formula is C11H15N5O2S. The molecule has 2 aromatic heterocycles. The van der Waals surface area contributed by atoms with Gasteiger partial charge in [0.2, 0.25) is 5.95 Å². The van der Waals surface area contributed by atoms with Crippen LogP contribution in [0.1, 0.15) is 13.8 Å². The van der Waals surface area contributed by atoms with Crippen LogP contribution < -0.4 is 11.1 Å². The lowest BCUT2D eigenvalue weighted by molar-refractivity contribution is 0.598. The Balaban J connectivity index is 2.76. The van der Waals surface area contributed by atoms with Gasteiger partial charge in [-0.3, -0.25) is 0 Å². The second-order valence-electron chi connectivity index (χ2n) is 4.55. The van der Waals surface area contributed by atoms with Crippen molar-refractivity contribution in [3.05, 3.63) is 12.3 Å². The van der Waals surface area contributed by atoms with E-state index >= 15 is 0 Å². The number of pyridine rings is 1. The van der Waals surface area contributed by atoms with E-state index in [1.54, 1.807) is 0 Å². The number of nitrogens with two attached hydrogens (primary N) is 1. The van der Waals surface area contributed by atoms with Gasteiger partial charge >= 0.3 is 0 Å². The Bertz CT molecular complexity index is 727. The lowest BCUT2D eigenvalue weighted by Gasteiger charge is -2.12. The number of hydrogen-bond acceptors (Lipinski definition) is 7. The number of sulfone groups is 1. The molecule has 0 aromatic carbocycles. The van der Waals surface area contributed by atoms with Crippen LogP contribution >= 0.6 is 0 Å². The maximum absolute atomic E-state index is 11.6. The van der Waals surface area contributed by atoms with Gasteiger partial charge in [0, 0.05) is 23.9 Å². The van der Waals surface area contributed by atoms with Crippen LogP contribution in [-0.4, -0.2) is 35.7 Å². The fourth-order valence-corrected chi connectivity index (χ4v) is 2.19. The minimum absolute atomic E-state index is 0.0171. The molecule has 0 atom stereocenters. The van der Waals surface area contributed by atoms with Crippen LogP contribution in [0.25, 0.3) is 10.9 Å². The highest BCUT2D eigenvalue weighted by Crippen LogP contribution is 2.23. The Kier molecular flexibility index (Phi) is 3.27. The number of nitrogens with one attached hydrogen (secondary N) is 1. The molecular weight excluding hydrogens is 266 g/mol. The molecule has 0 radical (unpaired) electrons. The average Bonchev–Trinajstić information content (AvgIpc) is 2.27. The van der Waals surface area contributed by atoms with Crippen molar-refractivity contribution >= 4 is 32.5 Å². The van der Waals surface area contributed by atoms with Crippen LogP contribution in [0.4, 0.5) is 11.8 Å². The molecule has 0 unspecified atom stereocenters. The van der Waals surface area contributed by atoms with Crippen molar-refractivity contribution in [1.82, 2.24) is 15.0 Å². The average molecular weight is 281 g/mol. The summed E-state index contributed by atoms with van der Waals surface area (Å²) in [4.78, 5) is 12.1. The van der Waals surface area contributed by atoms with Crippen molar-refractivity contribution in [2.75, 3.05) is 17.3 Å². The fourth-order valence-electron chi connectivity index (χ4n) is 1.59. The standard InChI is InChI=1S/C11H15N5O2S/c1-6(2)14-10-9-7(5-13-11(12)16-9)4-8(15-10)19(3,17)18/h4-6H,1-3H3,(H,14,15)(H2,12,13,16). The van der Waals surface area contributed by atoms with Gasteiger partial charge in [0.1, 0.15) is 5.52 Å². The van der Waals surface area contributed by atoms with E-state index in [0.717, 1.165) is 6.26 Å². The fraction of sp³-hybridized carbons (Fsp3) is 0.364. The normalized spacial score (nSPS) is 12.0. The molecule has 7 nitrogen and oxygen atoms in total. The molecule has 0 aliphatic carbocycles. The molecule has 0 spiro atoms. The van der Waals surface area contributed by atoms with Gasteiger partial charge in [-0.05, 0) is 19.9 Å². The zero-order valence-corrected chi connectivity index (χ0v) is 11.7. The van der Waals surface area contributed by atoms with Crippen molar-refractivity contribution in [1.29, 1.82) is 0 Å². The first kappa shape index (κ1) is 13.5. The third-order valence-corrected chi connectivity index (χ3v) is 3.34. The van der Waals surface area contributed by atoms with Gasteiger partial charge in [-0.2, -0.15) is 0 Å². The topological polar surface area (TPSA) is 111 Å². The van der Waals surface area contributed by atoms with E-state index in [4.69, 9.17) is 5.73 Å². The summed E-state index contributed by atoms with van der Waals surface area (Å²) in [6.45, 7) is 3.84. The summed E-state index contributed by atoms with van der Waals surface area (Å²) in [7, 11) is -3.40. The van der Waals surface area contributed by atoms with E-state index in [9.17, 15) is 8.42 Å². The van der Waals surface area contributed by atoms with E-state index in [1.807, 2.05) is 13.8 Å². The number of hydrogen-bond donors (Lipinski definition) is 2. The minimum Gasteiger partial charge on any atom is -0.368 e. The van der Waals surface area contributed by atoms with Crippen molar-refractivity contribution in [2.45, 2.75) is 24.9 Å². The van der Waals surface area contributed by atoms with E-state index < -0.39 is 9.84 Å². The molecule has 2 aromatic rings. The SMILES string of the molecule is CC(C)Nc1nc(S(C)(=O)=O)cc2cnc(N)nc12. The van der Waals surface area contributed by atoms with E-state index in [2.05, 4.69) is 20.3 Å². The monoisotopic (exact) mass is 281 g/mol. The molecule has 0 aliphatic rings. The predicted octanol–water partition coefficient (Wildman–Crippen LogP) is 0.831. The van der Waals surface area contributed by atoms with Crippen LogP contribution in [-0.2, 0) is 9.84 Å². The number of nitrogens with zero attached hydrogens (tertiary/aromatic N) is 3. The first-order chi connectivity index (χ1) is 8.77. The third-order valence-electron chi connectivity index (χ3n) is 2.37. The van der Waals surface area contributed by atoms with Gasteiger partial charge in [-0.25, -0.2) is 23.4 Å². The third kappa shape index (κ3) is 2.90. The van der Waals surface area contributed by atoms with E-state index in [-0.39, 0.29) is 17.0 Å². The molecule has 2 heterocycles. The highest BCUT2D eigenvalue weighted by atomic mass is 32.2. The molecule has 8 heteroatoms. The predicted molar refractivity (Wildman–Crippen MR) is 73.6 cm³/mol. The van der Waals surface area contributed by atoms with Gasteiger partial charge in [0.25, 0.3) is 0 Å². The number of aromatic nitrogens is 3. The number of fused-ring (bicyclic) bond motifs is 1. The highest BCUT2D eigenvalue weighted by molar-refractivity contribution is 7.90. The number of nitrogen functional groups attached to an aromatic ring is 1. The summed E-state index contributed by atoms with van der Waals surface area (Å²) in [5.74, 6) is 0.509. The van der Waals surface area contributed by atoms with Crippen LogP contribution in [0.2, 0.25) is 0 Å². The Hall–Kier alpha value is -1.96. The summed E-state index contributed by atoms with van der Waals surface area (Å²) < 4.78 is 23.3. The number of anilines is 2. The summed E-state index contributed by atoms with van der Waals surface area (Å²) in [5.41, 5.74) is 6.06. The Labute approximate surface area is 111 Å². The van der Waals surface area contributed by atoms with Gasteiger partial charge in [-0.15, -0.1) is 0 Å². The molecule has 0 fully saturated rings. The molecule has 0 bridgehead atoms. The first-order valence-corrected chi connectivity index (χ1v) is 7.56. The molecule has 0 amide bonds.